The SMILES string of the molecule is CCCn1c(N)c(C(=O)CSc2nc3ccccc3n2CC)c(=O)n(C)c1=O. The largest absolute Gasteiger partial charge is 0.384 e. The van der Waals surface area contributed by atoms with Crippen molar-refractivity contribution < 1.29 is 4.79 Å². The molecule has 148 valence electrons. The van der Waals surface area contributed by atoms with Gasteiger partial charge in [0.15, 0.2) is 10.9 Å². The number of hydrogen-bond acceptors (Lipinski definition) is 6. The maximum Gasteiger partial charge on any atom is 0.332 e. The van der Waals surface area contributed by atoms with E-state index in [9.17, 15) is 14.4 Å². The molecule has 3 rings (SSSR count). The molecule has 0 unspecified atom stereocenters. The molecule has 0 bridgehead atoms. The van der Waals surface area contributed by atoms with Gasteiger partial charge in [0.1, 0.15) is 11.4 Å². The Morgan fingerprint density at radius 3 is 2.57 bits per heavy atom. The monoisotopic (exact) mass is 401 g/mol. The highest BCUT2D eigenvalue weighted by molar-refractivity contribution is 7.99. The van der Waals surface area contributed by atoms with Gasteiger partial charge in [0, 0.05) is 20.1 Å². The van der Waals surface area contributed by atoms with E-state index in [-0.39, 0.29) is 17.1 Å². The van der Waals surface area contributed by atoms with Crippen LogP contribution in [0.3, 0.4) is 0 Å². The number of carbonyl (C=O) groups excluding carboxylic acids is 1. The fourth-order valence-corrected chi connectivity index (χ4v) is 4.11. The summed E-state index contributed by atoms with van der Waals surface area (Å²) >= 11 is 1.26. The van der Waals surface area contributed by atoms with Crippen molar-refractivity contribution in [1.29, 1.82) is 0 Å². The molecule has 0 saturated carbocycles. The van der Waals surface area contributed by atoms with Crippen LogP contribution in [0, 0.1) is 0 Å². The maximum absolute atomic E-state index is 12.8. The third-order valence-corrected chi connectivity index (χ3v) is 5.55. The zero-order chi connectivity index (χ0) is 20.4. The lowest BCUT2D eigenvalue weighted by molar-refractivity contribution is 0.102. The van der Waals surface area contributed by atoms with Gasteiger partial charge in [-0.25, -0.2) is 9.78 Å². The van der Waals surface area contributed by atoms with E-state index in [1.54, 1.807) is 0 Å². The second-order valence-electron chi connectivity index (χ2n) is 6.40. The van der Waals surface area contributed by atoms with Crippen molar-refractivity contribution in [2.75, 3.05) is 11.5 Å². The molecule has 0 spiro atoms. The zero-order valence-electron chi connectivity index (χ0n) is 16.1. The van der Waals surface area contributed by atoms with Crippen molar-refractivity contribution in [3.05, 3.63) is 50.7 Å². The molecule has 3 aromatic rings. The lowest BCUT2D eigenvalue weighted by Gasteiger charge is -2.13. The number of nitrogen functional groups attached to an aromatic ring is 1. The first-order valence-corrected chi connectivity index (χ1v) is 10.1. The predicted octanol–water partition coefficient (Wildman–Crippen LogP) is 1.88. The number of rotatable bonds is 7. The van der Waals surface area contributed by atoms with Gasteiger partial charge >= 0.3 is 5.69 Å². The first kappa shape index (κ1) is 19.9. The fourth-order valence-electron chi connectivity index (χ4n) is 3.16. The second kappa shape index (κ2) is 8.05. The molecule has 0 saturated heterocycles. The van der Waals surface area contributed by atoms with Crippen LogP contribution in [-0.2, 0) is 20.1 Å². The van der Waals surface area contributed by atoms with Crippen molar-refractivity contribution in [3.63, 3.8) is 0 Å². The molecule has 9 heteroatoms. The minimum atomic E-state index is -0.663. The van der Waals surface area contributed by atoms with Crippen LogP contribution in [0.1, 0.15) is 30.6 Å². The highest BCUT2D eigenvalue weighted by Crippen LogP contribution is 2.24. The summed E-state index contributed by atoms with van der Waals surface area (Å²) in [5, 5.41) is 0.703. The summed E-state index contributed by atoms with van der Waals surface area (Å²) < 4.78 is 4.23. The molecule has 28 heavy (non-hydrogen) atoms. The zero-order valence-corrected chi connectivity index (χ0v) is 17.0. The smallest absolute Gasteiger partial charge is 0.332 e. The van der Waals surface area contributed by atoms with Gasteiger partial charge in [-0.15, -0.1) is 0 Å². The number of carbonyl (C=O) groups is 1. The summed E-state index contributed by atoms with van der Waals surface area (Å²) in [6, 6.07) is 7.75. The average Bonchev–Trinajstić information content (AvgIpc) is 3.05. The summed E-state index contributed by atoms with van der Waals surface area (Å²) in [6.07, 6.45) is 0.658. The number of nitrogens with two attached hydrogens (primary N) is 1. The summed E-state index contributed by atoms with van der Waals surface area (Å²) in [4.78, 5) is 42.2. The highest BCUT2D eigenvalue weighted by Gasteiger charge is 2.22. The Bertz CT molecular complexity index is 1160. The molecule has 0 amide bonds. The van der Waals surface area contributed by atoms with Crippen LogP contribution < -0.4 is 17.0 Å². The number of nitrogens with zero attached hydrogens (tertiary/aromatic N) is 4. The van der Waals surface area contributed by atoms with E-state index in [4.69, 9.17) is 5.73 Å². The molecule has 0 aliphatic rings. The number of hydrogen-bond donors (Lipinski definition) is 1. The number of aryl methyl sites for hydroxylation is 1. The molecule has 0 aliphatic heterocycles. The Labute approximate surface area is 166 Å². The van der Waals surface area contributed by atoms with Crippen molar-refractivity contribution in [3.8, 4) is 0 Å². The van der Waals surface area contributed by atoms with Crippen LogP contribution in [0.15, 0.2) is 39.0 Å². The molecule has 2 N–H and O–H groups in total. The number of fused-ring (bicyclic) bond motifs is 1. The predicted molar refractivity (Wildman–Crippen MR) is 111 cm³/mol. The minimum Gasteiger partial charge on any atom is -0.384 e. The number of aromatic nitrogens is 4. The number of benzene rings is 1. The van der Waals surface area contributed by atoms with Crippen LogP contribution in [0.4, 0.5) is 5.82 Å². The normalized spacial score (nSPS) is 11.2. The van der Waals surface area contributed by atoms with Gasteiger partial charge in [-0.2, -0.15) is 0 Å². The van der Waals surface area contributed by atoms with E-state index in [0.29, 0.717) is 24.7 Å². The first-order chi connectivity index (χ1) is 13.4. The summed E-state index contributed by atoms with van der Waals surface area (Å²) in [5.74, 6) is -0.472. The number of para-hydroxylation sites is 2. The first-order valence-electron chi connectivity index (χ1n) is 9.11. The Kier molecular flexibility index (Phi) is 5.73. The highest BCUT2D eigenvalue weighted by atomic mass is 32.2. The lowest BCUT2D eigenvalue weighted by atomic mass is 10.2. The third-order valence-electron chi connectivity index (χ3n) is 4.58. The molecule has 2 aromatic heterocycles. The molecule has 0 aliphatic carbocycles. The third kappa shape index (κ3) is 3.37. The van der Waals surface area contributed by atoms with Crippen molar-refractivity contribution >= 4 is 34.4 Å². The van der Waals surface area contributed by atoms with Gasteiger partial charge in [-0.1, -0.05) is 30.8 Å². The number of anilines is 1. The van der Waals surface area contributed by atoms with Crippen LogP contribution in [0.2, 0.25) is 0 Å². The van der Waals surface area contributed by atoms with E-state index in [0.717, 1.165) is 15.6 Å². The van der Waals surface area contributed by atoms with Gasteiger partial charge in [0.05, 0.1) is 16.8 Å². The molecule has 0 atom stereocenters. The summed E-state index contributed by atoms with van der Waals surface area (Å²) in [5.41, 5.74) is 6.56. The topological polar surface area (TPSA) is 105 Å². The molecule has 8 nitrogen and oxygen atoms in total. The Balaban J connectivity index is 1.95. The van der Waals surface area contributed by atoms with Crippen LogP contribution >= 0.6 is 11.8 Å². The maximum atomic E-state index is 12.8. The van der Waals surface area contributed by atoms with Gasteiger partial charge in [0.25, 0.3) is 5.56 Å². The molecule has 0 radical (unpaired) electrons. The van der Waals surface area contributed by atoms with Crippen molar-refractivity contribution in [2.45, 2.75) is 38.5 Å². The van der Waals surface area contributed by atoms with Crippen LogP contribution in [0.25, 0.3) is 11.0 Å². The Morgan fingerprint density at radius 2 is 1.89 bits per heavy atom. The molecular weight excluding hydrogens is 378 g/mol. The van der Waals surface area contributed by atoms with Gasteiger partial charge in [-0.3, -0.25) is 18.7 Å². The van der Waals surface area contributed by atoms with E-state index in [2.05, 4.69) is 4.98 Å². The van der Waals surface area contributed by atoms with Crippen molar-refractivity contribution in [1.82, 2.24) is 18.7 Å². The summed E-state index contributed by atoms with van der Waals surface area (Å²) in [6.45, 7) is 4.96. The van der Waals surface area contributed by atoms with Crippen LogP contribution in [0.5, 0.6) is 0 Å². The Hall–Kier alpha value is -2.81. The quantitative estimate of drug-likeness (QED) is 0.479. The second-order valence-corrected chi connectivity index (χ2v) is 7.34. The number of ketones is 1. The lowest BCUT2D eigenvalue weighted by Crippen LogP contribution is -2.42. The van der Waals surface area contributed by atoms with Crippen LogP contribution in [-0.4, -0.2) is 30.2 Å². The fraction of sp³-hybridized carbons (Fsp3) is 0.368. The van der Waals surface area contributed by atoms with Gasteiger partial charge in [0.2, 0.25) is 0 Å². The molecule has 0 fully saturated rings. The van der Waals surface area contributed by atoms with Crippen molar-refractivity contribution in [2.24, 2.45) is 7.05 Å². The number of imidazole rings is 1. The molecular formula is C19H23N5O3S. The summed E-state index contributed by atoms with van der Waals surface area (Å²) in [7, 11) is 1.36. The molecule has 1 aromatic carbocycles. The number of thioether (sulfide) groups is 1. The van der Waals surface area contributed by atoms with E-state index < -0.39 is 17.0 Å². The van der Waals surface area contributed by atoms with E-state index in [1.807, 2.05) is 42.7 Å². The van der Waals surface area contributed by atoms with E-state index in [1.165, 1.54) is 23.4 Å². The minimum absolute atomic E-state index is 0.00703. The number of Topliss-reactive ketones (excluding diaryl/α,β-unsaturated/α-hetero) is 1. The molecule has 2 heterocycles. The Morgan fingerprint density at radius 1 is 1.18 bits per heavy atom. The standard InChI is InChI=1S/C19H23N5O3S/c1-4-10-24-16(20)15(17(26)22(3)19(24)27)14(25)11-28-18-21-12-8-6-7-9-13(12)23(18)5-2/h6-9H,4-5,10-11,20H2,1-3H3. The van der Waals surface area contributed by atoms with Gasteiger partial charge in [-0.05, 0) is 25.5 Å². The average molecular weight is 401 g/mol. The van der Waals surface area contributed by atoms with Gasteiger partial charge < -0.3 is 10.3 Å². The van der Waals surface area contributed by atoms with E-state index >= 15 is 0 Å².